The zero-order chi connectivity index (χ0) is 36.1. The Labute approximate surface area is 330 Å². The van der Waals surface area contributed by atoms with E-state index >= 15 is 0 Å². The van der Waals surface area contributed by atoms with E-state index < -0.39 is 0 Å². The summed E-state index contributed by atoms with van der Waals surface area (Å²) in [5.41, 5.74) is 14.7. The fourth-order valence-electron chi connectivity index (χ4n) is 7.53. The number of benzene rings is 7. The molecule has 0 fully saturated rings. The number of ether oxygens (including phenoxy) is 1. The minimum atomic E-state index is 0. The molecule has 9 aromatic rings. The zero-order valence-electron chi connectivity index (χ0n) is 30.4. The van der Waals surface area contributed by atoms with Gasteiger partial charge in [-0.05, 0) is 47.7 Å². The Balaban J connectivity index is 0.00000413. The van der Waals surface area contributed by atoms with Gasteiger partial charge in [-0.2, -0.15) is 40.5 Å². The largest absolute Gasteiger partial charge is 0.509 e. The van der Waals surface area contributed by atoms with Crippen molar-refractivity contribution < 1.29 is 25.2 Å². The van der Waals surface area contributed by atoms with Crippen molar-refractivity contribution in [1.29, 1.82) is 0 Å². The van der Waals surface area contributed by atoms with E-state index in [0.29, 0.717) is 11.5 Å². The van der Waals surface area contributed by atoms with E-state index in [1.54, 1.807) is 0 Å². The Kier molecular flexibility index (Phi) is 9.38. The van der Waals surface area contributed by atoms with Crippen molar-refractivity contribution in [3.05, 3.63) is 186 Å². The number of fused-ring (bicyclic) bond motifs is 3. The third-order valence-corrected chi connectivity index (χ3v) is 9.87. The molecule has 0 aliphatic carbocycles. The van der Waals surface area contributed by atoms with Gasteiger partial charge in [0.2, 0.25) is 0 Å². The summed E-state index contributed by atoms with van der Waals surface area (Å²) < 4.78 is 10.9. The third kappa shape index (κ3) is 6.26. The number of rotatable bonds is 7. The fraction of sp³-hybridized carbons (Fsp3) is 0.0816. The van der Waals surface area contributed by atoms with Crippen molar-refractivity contribution in [2.75, 3.05) is 0 Å². The number of aryl methyl sites for hydroxylation is 4. The van der Waals surface area contributed by atoms with Gasteiger partial charge in [0.25, 0.3) is 0 Å². The number of para-hydroxylation sites is 1. The molecule has 0 atom stereocenters. The molecule has 0 N–H and O–H groups in total. The SMILES string of the molecule is Cc1cc(Oc2[c-]c3c(cc2)c2ccccc2n3-c2[c-]ccc(C)c2)[c-]c(-n2nc(-c3ccccc3)c(-c3c(C)cccc3C)c2-c2ccccc2)c1.[Pd]. The molecule has 54 heavy (non-hydrogen) atoms. The van der Waals surface area contributed by atoms with Crippen LogP contribution in [0.15, 0.2) is 146 Å². The summed E-state index contributed by atoms with van der Waals surface area (Å²) in [4.78, 5) is 0. The van der Waals surface area contributed by atoms with Crippen LogP contribution < -0.4 is 4.74 Å². The summed E-state index contributed by atoms with van der Waals surface area (Å²) in [6, 6.07) is 61.0. The van der Waals surface area contributed by atoms with Gasteiger partial charge in [-0.25, -0.2) is 0 Å². The predicted octanol–water partition coefficient (Wildman–Crippen LogP) is 12.4. The second-order valence-corrected chi connectivity index (χ2v) is 13.7. The van der Waals surface area contributed by atoms with Crippen LogP contribution in [0.1, 0.15) is 22.3 Å². The van der Waals surface area contributed by atoms with Gasteiger partial charge in [-0.3, -0.25) is 4.68 Å². The summed E-state index contributed by atoms with van der Waals surface area (Å²) in [6.45, 7) is 8.54. The summed E-state index contributed by atoms with van der Waals surface area (Å²) in [5.74, 6) is 1.19. The van der Waals surface area contributed by atoms with Crippen LogP contribution in [0.4, 0.5) is 0 Å². The first kappa shape index (κ1) is 35.1. The molecule has 0 bridgehead atoms. The summed E-state index contributed by atoms with van der Waals surface area (Å²) in [7, 11) is 0. The molecule has 0 unspecified atom stereocenters. The minimum absolute atomic E-state index is 0. The summed E-state index contributed by atoms with van der Waals surface area (Å²) in [6.07, 6.45) is 0. The van der Waals surface area contributed by atoms with Gasteiger partial charge < -0.3 is 9.30 Å². The second kappa shape index (κ2) is 14.4. The first-order chi connectivity index (χ1) is 25.9. The monoisotopic (exact) mass is 788 g/mol. The van der Waals surface area contributed by atoms with Gasteiger partial charge in [0, 0.05) is 54.1 Å². The molecule has 4 nitrogen and oxygen atoms in total. The molecule has 0 radical (unpaired) electrons. The Hall–Kier alpha value is -5.99. The van der Waals surface area contributed by atoms with E-state index in [4.69, 9.17) is 9.84 Å². The van der Waals surface area contributed by atoms with Crippen LogP contribution in [0.25, 0.3) is 66.8 Å². The molecular formula is C49H36N3OPd-3. The van der Waals surface area contributed by atoms with Gasteiger partial charge in [0.1, 0.15) is 5.69 Å². The van der Waals surface area contributed by atoms with Gasteiger partial charge in [0.05, 0.1) is 5.69 Å². The van der Waals surface area contributed by atoms with E-state index in [-0.39, 0.29) is 20.4 Å². The fourth-order valence-corrected chi connectivity index (χ4v) is 7.53. The Morgan fingerprint density at radius 2 is 1.24 bits per heavy atom. The minimum Gasteiger partial charge on any atom is -0.509 e. The van der Waals surface area contributed by atoms with Gasteiger partial charge in [-0.1, -0.05) is 122 Å². The predicted molar refractivity (Wildman–Crippen MR) is 216 cm³/mol. The molecule has 9 rings (SSSR count). The summed E-state index contributed by atoms with van der Waals surface area (Å²) in [5, 5.41) is 7.67. The molecule has 0 amide bonds. The average Bonchev–Trinajstić information content (AvgIpc) is 3.72. The number of aromatic nitrogens is 3. The second-order valence-electron chi connectivity index (χ2n) is 13.7. The Morgan fingerprint density at radius 1 is 0.556 bits per heavy atom. The number of hydrogen-bond acceptors (Lipinski definition) is 2. The molecule has 0 aliphatic rings. The molecule has 7 aromatic carbocycles. The van der Waals surface area contributed by atoms with Crippen molar-refractivity contribution in [1.82, 2.24) is 14.3 Å². The molecule has 5 heteroatoms. The molecule has 0 spiro atoms. The van der Waals surface area contributed by atoms with E-state index in [1.807, 2.05) is 28.9 Å². The molecule has 2 aromatic heterocycles. The van der Waals surface area contributed by atoms with E-state index in [0.717, 1.165) is 66.8 Å². The Morgan fingerprint density at radius 3 is 1.98 bits per heavy atom. The molecule has 0 saturated carbocycles. The van der Waals surface area contributed by atoms with Crippen LogP contribution in [-0.4, -0.2) is 14.3 Å². The molecule has 266 valence electrons. The van der Waals surface area contributed by atoms with Crippen LogP contribution in [0, 0.1) is 45.9 Å². The van der Waals surface area contributed by atoms with Crippen molar-refractivity contribution in [2.24, 2.45) is 0 Å². The number of hydrogen-bond donors (Lipinski definition) is 0. The molecule has 2 heterocycles. The standard InChI is InChI=1S/C49H36N3O.Pd/c1-32-15-13-22-38(27-32)51-44-24-12-11-23-42(44)43-26-25-40(31-45(43)51)53-41-29-33(2)28-39(30-41)52-49(37-20-9-6-10-21-37)47(46-34(3)16-14-17-35(46)4)48(50-52)36-18-7-5-8-19-36;/h5-21,23-29H,1-4H3;/q-3;. The first-order valence-corrected chi connectivity index (χ1v) is 17.9. The van der Waals surface area contributed by atoms with E-state index in [9.17, 15) is 0 Å². The van der Waals surface area contributed by atoms with Crippen molar-refractivity contribution >= 4 is 21.8 Å². The van der Waals surface area contributed by atoms with Crippen LogP contribution in [0.2, 0.25) is 0 Å². The quantitative estimate of drug-likeness (QED) is 0.119. The molecule has 0 aliphatic heterocycles. The average molecular weight is 789 g/mol. The number of nitrogens with zero attached hydrogens (tertiary/aromatic N) is 3. The smallest absolute Gasteiger partial charge is 0.101 e. The normalized spacial score (nSPS) is 11.2. The zero-order valence-corrected chi connectivity index (χ0v) is 32.0. The van der Waals surface area contributed by atoms with Crippen LogP contribution in [0.3, 0.4) is 0 Å². The van der Waals surface area contributed by atoms with Crippen molar-refractivity contribution in [3.8, 4) is 56.5 Å². The van der Waals surface area contributed by atoms with Crippen LogP contribution >= 0.6 is 0 Å². The van der Waals surface area contributed by atoms with Crippen molar-refractivity contribution in [2.45, 2.75) is 27.7 Å². The maximum Gasteiger partial charge on any atom is 0.101 e. The summed E-state index contributed by atoms with van der Waals surface area (Å²) >= 11 is 0. The van der Waals surface area contributed by atoms with Gasteiger partial charge in [-0.15, -0.1) is 41.8 Å². The maximum absolute atomic E-state index is 6.65. The van der Waals surface area contributed by atoms with Gasteiger partial charge >= 0.3 is 0 Å². The van der Waals surface area contributed by atoms with E-state index in [2.05, 4.69) is 172 Å². The van der Waals surface area contributed by atoms with E-state index in [1.165, 1.54) is 22.3 Å². The van der Waals surface area contributed by atoms with Crippen LogP contribution in [-0.2, 0) is 20.4 Å². The topological polar surface area (TPSA) is 32.0 Å². The van der Waals surface area contributed by atoms with Gasteiger partial charge in [0.15, 0.2) is 0 Å². The molecule has 0 saturated heterocycles. The third-order valence-electron chi connectivity index (χ3n) is 9.87. The maximum atomic E-state index is 6.65. The molecular weight excluding hydrogens is 753 g/mol. The van der Waals surface area contributed by atoms with Crippen LogP contribution in [0.5, 0.6) is 11.5 Å². The first-order valence-electron chi connectivity index (χ1n) is 17.9. The Bertz CT molecular complexity index is 2780. The van der Waals surface area contributed by atoms with Crippen molar-refractivity contribution in [3.63, 3.8) is 0 Å².